The van der Waals surface area contributed by atoms with Gasteiger partial charge in [-0.3, -0.25) is 9.59 Å². The average molecular weight is 465 g/mol. The van der Waals surface area contributed by atoms with Gasteiger partial charge >= 0.3 is 0 Å². The molecular formula is C26H32N4O4. The Morgan fingerprint density at radius 3 is 2.68 bits per heavy atom. The summed E-state index contributed by atoms with van der Waals surface area (Å²) in [6.45, 7) is 6.15. The number of nitrogens with two attached hydrogens (primary N) is 1. The summed E-state index contributed by atoms with van der Waals surface area (Å²) in [5.41, 5.74) is 6.69. The zero-order valence-corrected chi connectivity index (χ0v) is 20.0. The number of pyridine rings is 1. The molecule has 8 nitrogen and oxygen atoms in total. The van der Waals surface area contributed by atoms with Gasteiger partial charge in [0.25, 0.3) is 5.91 Å². The third-order valence-electron chi connectivity index (χ3n) is 6.22. The van der Waals surface area contributed by atoms with Crippen LogP contribution in [0.2, 0.25) is 0 Å². The number of benzene rings is 1. The first-order valence-electron chi connectivity index (χ1n) is 11.9. The number of ether oxygens (including phenoxy) is 2. The van der Waals surface area contributed by atoms with E-state index >= 15 is 0 Å². The lowest BCUT2D eigenvalue weighted by Gasteiger charge is -2.25. The highest BCUT2D eigenvalue weighted by Crippen LogP contribution is 2.33. The molecule has 3 N–H and O–H groups in total. The Morgan fingerprint density at radius 2 is 2.03 bits per heavy atom. The van der Waals surface area contributed by atoms with E-state index in [-0.39, 0.29) is 18.1 Å². The van der Waals surface area contributed by atoms with Crippen LogP contribution in [0.25, 0.3) is 10.8 Å². The van der Waals surface area contributed by atoms with Gasteiger partial charge in [-0.15, -0.1) is 0 Å². The normalized spacial score (nSPS) is 19.1. The molecule has 8 heteroatoms. The molecule has 1 atom stereocenters. The van der Waals surface area contributed by atoms with E-state index < -0.39 is 5.91 Å². The number of hydrogen-bond acceptors (Lipinski definition) is 6. The fourth-order valence-corrected chi connectivity index (χ4v) is 4.32. The Hall–Kier alpha value is -3.31. The predicted molar refractivity (Wildman–Crippen MR) is 130 cm³/mol. The summed E-state index contributed by atoms with van der Waals surface area (Å²) in [5.74, 6) is 7.27. The Labute approximate surface area is 200 Å². The van der Waals surface area contributed by atoms with Crippen LogP contribution in [0.5, 0.6) is 11.6 Å². The van der Waals surface area contributed by atoms with Crippen LogP contribution in [0.1, 0.15) is 55.5 Å². The van der Waals surface area contributed by atoms with Gasteiger partial charge in [-0.05, 0) is 65.4 Å². The van der Waals surface area contributed by atoms with E-state index in [1.807, 2.05) is 13.8 Å². The van der Waals surface area contributed by atoms with Crippen molar-refractivity contribution in [1.29, 1.82) is 0 Å². The molecule has 0 saturated carbocycles. The van der Waals surface area contributed by atoms with Gasteiger partial charge in [0, 0.05) is 29.3 Å². The summed E-state index contributed by atoms with van der Waals surface area (Å²) in [4.78, 5) is 30.6. The van der Waals surface area contributed by atoms with Gasteiger partial charge in [0.05, 0.1) is 23.3 Å². The van der Waals surface area contributed by atoms with Crippen molar-refractivity contribution >= 4 is 22.6 Å². The van der Waals surface area contributed by atoms with Crippen molar-refractivity contribution in [3.05, 3.63) is 29.5 Å². The summed E-state index contributed by atoms with van der Waals surface area (Å²) >= 11 is 0. The SMILES string of the molecule is CC(C)Oc1cc2c(OCC3CCC(=O)N3)ncc(C#CC3CCN(C)CC3)c2cc1C(N)=O. The maximum Gasteiger partial charge on any atom is 0.252 e. The number of fused-ring (bicyclic) bond motifs is 1. The zero-order chi connectivity index (χ0) is 24.2. The van der Waals surface area contributed by atoms with Crippen molar-refractivity contribution < 1.29 is 19.1 Å². The first-order valence-corrected chi connectivity index (χ1v) is 11.9. The van der Waals surface area contributed by atoms with Crippen LogP contribution in [0.4, 0.5) is 0 Å². The second-order valence-corrected chi connectivity index (χ2v) is 9.36. The van der Waals surface area contributed by atoms with Crippen LogP contribution in [0.15, 0.2) is 18.3 Å². The van der Waals surface area contributed by atoms with Gasteiger partial charge in [0.2, 0.25) is 11.8 Å². The fourth-order valence-electron chi connectivity index (χ4n) is 4.32. The third kappa shape index (κ3) is 5.60. The maximum atomic E-state index is 12.2. The molecule has 1 aromatic heterocycles. The molecule has 3 heterocycles. The molecule has 2 amide bonds. The summed E-state index contributed by atoms with van der Waals surface area (Å²) in [6.07, 6.45) is 4.83. The van der Waals surface area contributed by atoms with Gasteiger partial charge < -0.3 is 25.4 Å². The lowest BCUT2D eigenvalue weighted by atomic mass is 9.97. The number of nitrogens with zero attached hydrogens (tertiary/aromatic N) is 2. The highest BCUT2D eigenvalue weighted by molar-refractivity contribution is 6.03. The largest absolute Gasteiger partial charge is 0.490 e. The second-order valence-electron chi connectivity index (χ2n) is 9.36. The van der Waals surface area contributed by atoms with Gasteiger partial charge in [-0.25, -0.2) is 4.98 Å². The lowest BCUT2D eigenvalue weighted by molar-refractivity contribution is -0.119. The summed E-state index contributed by atoms with van der Waals surface area (Å²) < 4.78 is 11.9. The molecule has 1 aromatic carbocycles. The van der Waals surface area contributed by atoms with E-state index in [2.05, 4.69) is 34.1 Å². The zero-order valence-electron chi connectivity index (χ0n) is 20.0. The van der Waals surface area contributed by atoms with E-state index in [4.69, 9.17) is 15.2 Å². The van der Waals surface area contributed by atoms with E-state index in [1.54, 1.807) is 18.3 Å². The van der Waals surface area contributed by atoms with E-state index in [0.29, 0.717) is 47.1 Å². The summed E-state index contributed by atoms with van der Waals surface area (Å²) in [6, 6.07) is 3.43. The molecular weight excluding hydrogens is 432 g/mol. The van der Waals surface area contributed by atoms with Crippen molar-refractivity contribution in [2.24, 2.45) is 11.7 Å². The van der Waals surface area contributed by atoms with Crippen LogP contribution in [-0.2, 0) is 4.79 Å². The molecule has 2 aliphatic heterocycles. The number of nitrogens with one attached hydrogen (secondary N) is 1. The highest BCUT2D eigenvalue weighted by Gasteiger charge is 2.23. The molecule has 0 aliphatic carbocycles. The molecule has 2 aromatic rings. The fraction of sp³-hybridized carbons (Fsp3) is 0.500. The van der Waals surface area contributed by atoms with Crippen molar-refractivity contribution in [3.63, 3.8) is 0 Å². The number of amides is 2. The highest BCUT2D eigenvalue weighted by atomic mass is 16.5. The molecule has 0 spiro atoms. The molecule has 1 unspecified atom stereocenters. The number of carbonyl (C=O) groups excluding carboxylic acids is 2. The van der Waals surface area contributed by atoms with Crippen molar-refractivity contribution in [2.75, 3.05) is 26.7 Å². The van der Waals surface area contributed by atoms with Gasteiger partial charge in [-0.1, -0.05) is 11.8 Å². The number of rotatable bonds is 6. The summed E-state index contributed by atoms with van der Waals surface area (Å²) in [7, 11) is 2.12. The smallest absolute Gasteiger partial charge is 0.252 e. The molecule has 2 saturated heterocycles. The molecule has 2 aliphatic rings. The Kier molecular flexibility index (Phi) is 7.23. The predicted octanol–water partition coefficient (Wildman–Crippen LogP) is 2.47. The first kappa shape index (κ1) is 23.8. The summed E-state index contributed by atoms with van der Waals surface area (Å²) in [5, 5.41) is 4.34. The number of aromatic nitrogens is 1. The van der Waals surface area contributed by atoms with Crippen molar-refractivity contribution in [1.82, 2.24) is 15.2 Å². The molecule has 0 bridgehead atoms. The van der Waals surface area contributed by atoms with Crippen molar-refractivity contribution in [2.45, 2.75) is 51.7 Å². The van der Waals surface area contributed by atoms with Gasteiger partial charge in [0.15, 0.2) is 0 Å². The van der Waals surface area contributed by atoms with Gasteiger partial charge in [0.1, 0.15) is 12.4 Å². The topological polar surface area (TPSA) is 107 Å². The minimum atomic E-state index is -0.570. The number of primary amides is 1. The molecule has 2 fully saturated rings. The monoisotopic (exact) mass is 464 g/mol. The Morgan fingerprint density at radius 1 is 1.26 bits per heavy atom. The first-order chi connectivity index (χ1) is 16.3. The molecule has 4 rings (SSSR count). The quantitative estimate of drug-likeness (QED) is 0.636. The maximum absolute atomic E-state index is 12.2. The molecule has 34 heavy (non-hydrogen) atoms. The van der Waals surface area contributed by atoms with Crippen LogP contribution in [0, 0.1) is 17.8 Å². The standard InChI is InChI=1S/C26H32N4O4/c1-16(2)34-23-13-21-20(12-22(23)25(27)32)18(5-4-17-8-10-30(3)11-9-17)14-28-26(21)33-15-19-6-7-24(31)29-19/h12-14,16-17,19H,6-11,15H2,1-3H3,(H2,27,32)(H,29,31). The number of hydrogen-bond donors (Lipinski definition) is 2. The molecule has 0 radical (unpaired) electrons. The van der Waals surface area contributed by atoms with Crippen LogP contribution >= 0.6 is 0 Å². The minimum Gasteiger partial charge on any atom is -0.490 e. The average Bonchev–Trinajstić information content (AvgIpc) is 3.21. The van der Waals surface area contributed by atoms with E-state index in [0.717, 1.165) is 37.7 Å². The van der Waals surface area contributed by atoms with E-state index in [9.17, 15) is 9.59 Å². The molecule has 180 valence electrons. The third-order valence-corrected chi connectivity index (χ3v) is 6.22. The minimum absolute atomic E-state index is 0.0321. The second kappa shape index (κ2) is 10.3. The van der Waals surface area contributed by atoms with Gasteiger partial charge in [-0.2, -0.15) is 0 Å². The number of carbonyl (C=O) groups is 2. The van der Waals surface area contributed by atoms with Crippen LogP contribution < -0.4 is 20.5 Å². The number of likely N-dealkylation sites (tertiary alicyclic amines) is 1. The van der Waals surface area contributed by atoms with Crippen molar-refractivity contribution in [3.8, 4) is 23.5 Å². The van der Waals surface area contributed by atoms with Crippen LogP contribution in [0.3, 0.4) is 0 Å². The Balaban J connectivity index is 1.72. The number of piperidine rings is 1. The van der Waals surface area contributed by atoms with E-state index in [1.165, 1.54) is 0 Å². The lowest BCUT2D eigenvalue weighted by Crippen LogP contribution is -2.31. The Bertz CT molecular complexity index is 1140. The van der Waals surface area contributed by atoms with Crippen LogP contribution in [-0.4, -0.2) is 60.6 Å².